The van der Waals surface area contributed by atoms with Crippen molar-refractivity contribution in [3.05, 3.63) is 59.2 Å². The smallest absolute Gasteiger partial charge is 0.311 e. The molecule has 1 aliphatic heterocycles. The zero-order chi connectivity index (χ0) is 21.0. The van der Waals surface area contributed by atoms with E-state index in [1.54, 1.807) is 29.2 Å². The molecule has 1 heterocycles. The van der Waals surface area contributed by atoms with Gasteiger partial charge in [-0.25, -0.2) is 0 Å². The van der Waals surface area contributed by atoms with Crippen LogP contribution in [0.5, 0.6) is 5.75 Å². The summed E-state index contributed by atoms with van der Waals surface area (Å²) in [5.74, 6) is -0.825. The van der Waals surface area contributed by atoms with Gasteiger partial charge >= 0.3 is 5.97 Å². The van der Waals surface area contributed by atoms with Crippen molar-refractivity contribution in [3.63, 3.8) is 0 Å². The van der Waals surface area contributed by atoms with Gasteiger partial charge in [0.05, 0.1) is 12.5 Å². The molecule has 1 saturated heterocycles. The van der Waals surface area contributed by atoms with Crippen LogP contribution in [-0.4, -0.2) is 37.4 Å². The largest absolute Gasteiger partial charge is 0.494 e. The van der Waals surface area contributed by atoms with Crippen LogP contribution in [0.25, 0.3) is 0 Å². The fourth-order valence-electron chi connectivity index (χ4n) is 3.37. The lowest BCUT2D eigenvalue weighted by Gasteiger charge is -2.20. The number of carbonyl (C=O) groups excluding carboxylic acids is 3. The molecule has 6 nitrogen and oxygen atoms in total. The Morgan fingerprint density at radius 1 is 1.10 bits per heavy atom. The Hall–Kier alpha value is -3.15. The Kier molecular flexibility index (Phi) is 6.32. The lowest BCUT2D eigenvalue weighted by atomic mass is 10.1. The number of Topliss-reactive ketones (excluding diaryl/α,β-unsaturated/α-hetero) is 1. The highest BCUT2D eigenvalue weighted by molar-refractivity contribution is 6.01. The van der Waals surface area contributed by atoms with Crippen molar-refractivity contribution in [2.45, 2.75) is 27.2 Å². The first kappa shape index (κ1) is 20.6. The van der Waals surface area contributed by atoms with E-state index < -0.39 is 11.9 Å². The molecular weight excluding hydrogens is 370 g/mol. The van der Waals surface area contributed by atoms with Gasteiger partial charge in [0.15, 0.2) is 12.4 Å². The summed E-state index contributed by atoms with van der Waals surface area (Å²) in [6.45, 7) is 6.29. The Labute approximate surface area is 170 Å². The van der Waals surface area contributed by atoms with Crippen LogP contribution in [-0.2, 0) is 14.3 Å². The van der Waals surface area contributed by atoms with Crippen molar-refractivity contribution in [3.8, 4) is 5.75 Å². The van der Waals surface area contributed by atoms with Crippen LogP contribution < -0.4 is 9.64 Å². The first-order chi connectivity index (χ1) is 13.9. The molecule has 3 rings (SSSR count). The third-order valence-electron chi connectivity index (χ3n) is 5.16. The molecule has 2 aromatic rings. The number of esters is 1. The number of rotatable bonds is 7. The van der Waals surface area contributed by atoms with Crippen LogP contribution in [0.4, 0.5) is 5.69 Å². The Morgan fingerprint density at radius 2 is 1.83 bits per heavy atom. The van der Waals surface area contributed by atoms with E-state index in [2.05, 4.69) is 0 Å². The Balaban J connectivity index is 1.58. The predicted molar refractivity (Wildman–Crippen MR) is 109 cm³/mol. The van der Waals surface area contributed by atoms with Crippen molar-refractivity contribution in [1.82, 2.24) is 0 Å². The second kappa shape index (κ2) is 8.90. The van der Waals surface area contributed by atoms with E-state index in [4.69, 9.17) is 9.47 Å². The van der Waals surface area contributed by atoms with Gasteiger partial charge in [-0.3, -0.25) is 14.4 Å². The van der Waals surface area contributed by atoms with E-state index in [-0.39, 0.29) is 31.3 Å². The minimum absolute atomic E-state index is 0.0868. The first-order valence-corrected chi connectivity index (χ1v) is 9.70. The van der Waals surface area contributed by atoms with Crippen molar-refractivity contribution in [1.29, 1.82) is 0 Å². The minimum Gasteiger partial charge on any atom is -0.494 e. The summed E-state index contributed by atoms with van der Waals surface area (Å²) in [6, 6.07) is 12.4. The molecule has 29 heavy (non-hydrogen) atoms. The van der Waals surface area contributed by atoms with E-state index in [0.29, 0.717) is 17.9 Å². The zero-order valence-electron chi connectivity index (χ0n) is 16.9. The van der Waals surface area contributed by atoms with Crippen molar-refractivity contribution in [2.75, 3.05) is 24.7 Å². The summed E-state index contributed by atoms with van der Waals surface area (Å²) in [7, 11) is 0. The molecule has 1 atom stereocenters. The number of ketones is 1. The van der Waals surface area contributed by atoms with Crippen LogP contribution in [0, 0.1) is 19.8 Å². The highest BCUT2D eigenvalue weighted by atomic mass is 16.5. The standard InChI is InChI=1S/C23H25NO5/c1-4-28-19-10-8-17(9-11-19)21(25)14-29-23(27)18-12-22(26)24(13-18)20-7-5-6-15(2)16(20)3/h5-11,18H,4,12-14H2,1-3H3/t18-/m0/s1. The van der Waals surface area contributed by atoms with Crippen LogP contribution in [0.1, 0.15) is 34.8 Å². The third-order valence-corrected chi connectivity index (χ3v) is 5.16. The topological polar surface area (TPSA) is 72.9 Å². The third kappa shape index (κ3) is 4.65. The maximum atomic E-state index is 12.4. The lowest BCUT2D eigenvalue weighted by molar-refractivity contribution is -0.147. The first-order valence-electron chi connectivity index (χ1n) is 9.70. The van der Waals surface area contributed by atoms with Gasteiger partial charge in [-0.15, -0.1) is 0 Å². The molecule has 0 N–H and O–H groups in total. The Bertz CT molecular complexity index is 919. The maximum absolute atomic E-state index is 12.4. The van der Waals surface area contributed by atoms with Crippen LogP contribution >= 0.6 is 0 Å². The van der Waals surface area contributed by atoms with Crippen molar-refractivity contribution in [2.24, 2.45) is 5.92 Å². The van der Waals surface area contributed by atoms with Crippen molar-refractivity contribution < 1.29 is 23.9 Å². The summed E-state index contributed by atoms with van der Waals surface area (Å²) in [4.78, 5) is 38.8. The average Bonchev–Trinajstić information content (AvgIpc) is 3.10. The number of aryl methyl sites for hydroxylation is 1. The molecule has 0 aromatic heterocycles. The molecule has 2 aromatic carbocycles. The highest BCUT2D eigenvalue weighted by Gasteiger charge is 2.37. The van der Waals surface area contributed by atoms with E-state index >= 15 is 0 Å². The fourth-order valence-corrected chi connectivity index (χ4v) is 3.37. The van der Waals surface area contributed by atoms with Crippen LogP contribution in [0.3, 0.4) is 0 Å². The minimum atomic E-state index is -0.574. The van der Waals surface area contributed by atoms with Gasteiger partial charge in [-0.2, -0.15) is 0 Å². The van der Waals surface area contributed by atoms with Gasteiger partial charge in [-0.1, -0.05) is 12.1 Å². The number of nitrogens with zero attached hydrogens (tertiary/aromatic N) is 1. The number of ether oxygens (including phenoxy) is 2. The number of amides is 1. The summed E-state index contributed by atoms with van der Waals surface area (Å²) in [5, 5.41) is 0. The average molecular weight is 395 g/mol. The number of anilines is 1. The fraction of sp³-hybridized carbons (Fsp3) is 0.348. The summed E-state index contributed by atoms with van der Waals surface area (Å²) < 4.78 is 10.6. The predicted octanol–water partition coefficient (Wildman–Crippen LogP) is 3.48. The highest BCUT2D eigenvalue weighted by Crippen LogP contribution is 2.29. The molecule has 0 aliphatic carbocycles. The lowest BCUT2D eigenvalue weighted by Crippen LogP contribution is -2.27. The molecule has 1 fully saturated rings. The van der Waals surface area contributed by atoms with Crippen LogP contribution in [0.2, 0.25) is 0 Å². The molecule has 0 spiro atoms. The monoisotopic (exact) mass is 395 g/mol. The maximum Gasteiger partial charge on any atom is 0.311 e. The second-order valence-electron chi connectivity index (χ2n) is 7.11. The van der Waals surface area contributed by atoms with E-state index in [1.807, 2.05) is 39.0 Å². The van der Waals surface area contributed by atoms with Crippen molar-refractivity contribution >= 4 is 23.3 Å². The van der Waals surface area contributed by atoms with E-state index in [9.17, 15) is 14.4 Å². The molecule has 0 radical (unpaired) electrons. The van der Waals surface area contributed by atoms with Gasteiger partial charge in [0.2, 0.25) is 5.91 Å². The Morgan fingerprint density at radius 3 is 2.52 bits per heavy atom. The molecule has 0 saturated carbocycles. The number of hydrogen-bond acceptors (Lipinski definition) is 5. The molecule has 6 heteroatoms. The SMILES string of the molecule is CCOc1ccc(C(=O)COC(=O)[C@H]2CC(=O)N(c3cccc(C)c3C)C2)cc1. The quantitative estimate of drug-likeness (QED) is 0.530. The molecular formula is C23H25NO5. The van der Waals surface area contributed by atoms with Gasteiger partial charge in [0.1, 0.15) is 5.75 Å². The van der Waals surface area contributed by atoms with E-state index in [1.165, 1.54) is 0 Å². The molecule has 0 bridgehead atoms. The van der Waals surface area contributed by atoms with Gasteiger partial charge in [0, 0.05) is 24.2 Å². The number of hydrogen-bond donors (Lipinski definition) is 0. The van der Waals surface area contributed by atoms with Gasteiger partial charge in [0.25, 0.3) is 0 Å². The molecule has 152 valence electrons. The zero-order valence-corrected chi connectivity index (χ0v) is 16.9. The number of benzene rings is 2. The van der Waals surface area contributed by atoms with E-state index in [0.717, 1.165) is 16.8 Å². The van der Waals surface area contributed by atoms with Crippen LogP contribution in [0.15, 0.2) is 42.5 Å². The normalized spacial score (nSPS) is 16.0. The molecule has 1 aliphatic rings. The number of carbonyl (C=O) groups is 3. The van der Waals surface area contributed by atoms with Gasteiger partial charge in [-0.05, 0) is 62.2 Å². The summed E-state index contributed by atoms with van der Waals surface area (Å²) >= 11 is 0. The van der Waals surface area contributed by atoms with Gasteiger partial charge < -0.3 is 14.4 Å². The molecule has 0 unspecified atom stereocenters. The second-order valence-corrected chi connectivity index (χ2v) is 7.11. The summed E-state index contributed by atoms with van der Waals surface area (Å²) in [6.07, 6.45) is 0.0868. The summed E-state index contributed by atoms with van der Waals surface area (Å²) in [5.41, 5.74) is 3.36. The molecule has 1 amide bonds.